The number of nitrogens with one attached hydrogen (secondary N) is 2. The highest BCUT2D eigenvalue weighted by Gasteiger charge is 2.41. The number of hydrogen-bond donors (Lipinski definition) is 2. The average Bonchev–Trinajstić information content (AvgIpc) is 3.56. The molecule has 2 unspecified atom stereocenters. The third-order valence-corrected chi connectivity index (χ3v) is 8.25. The van der Waals surface area contributed by atoms with Crippen LogP contribution in [0.15, 0.2) is 67.0 Å². The van der Waals surface area contributed by atoms with Gasteiger partial charge in [0.15, 0.2) is 5.65 Å². The van der Waals surface area contributed by atoms with Gasteiger partial charge in [0, 0.05) is 54.5 Å². The first-order valence-electron chi connectivity index (χ1n) is 13.3. The number of carbonyl (C=O) groups excluding carboxylic acids is 1. The van der Waals surface area contributed by atoms with Gasteiger partial charge in [-0.25, -0.2) is 4.98 Å². The normalized spacial score (nSPS) is 20.1. The largest absolute Gasteiger partial charge is 0.367 e. The number of amides is 1. The fourth-order valence-electron chi connectivity index (χ4n) is 6.03. The van der Waals surface area contributed by atoms with Gasteiger partial charge in [-0.2, -0.15) is 5.10 Å². The molecule has 2 aromatic carbocycles. The molecule has 0 saturated carbocycles. The van der Waals surface area contributed by atoms with Crippen molar-refractivity contribution in [3.05, 3.63) is 77.6 Å². The van der Waals surface area contributed by atoms with Gasteiger partial charge in [-0.3, -0.25) is 9.89 Å². The Labute approximate surface area is 228 Å². The summed E-state index contributed by atoms with van der Waals surface area (Å²) in [4.78, 5) is 23.1. The Hall–Kier alpha value is -3.42. The van der Waals surface area contributed by atoms with Gasteiger partial charge in [0.2, 0.25) is 5.91 Å². The third-order valence-electron chi connectivity index (χ3n) is 8.00. The lowest BCUT2D eigenvalue weighted by Crippen LogP contribution is -2.53. The Morgan fingerprint density at radius 1 is 1.03 bits per heavy atom. The minimum Gasteiger partial charge on any atom is -0.367 e. The van der Waals surface area contributed by atoms with E-state index in [1.165, 1.54) is 0 Å². The average molecular weight is 529 g/mol. The van der Waals surface area contributed by atoms with E-state index in [1.807, 2.05) is 59.8 Å². The molecule has 2 aliphatic rings. The fraction of sp³-hybridized carbons (Fsp3) is 0.367. The van der Waals surface area contributed by atoms with Crippen LogP contribution in [0.4, 0.5) is 5.69 Å². The maximum atomic E-state index is 14.1. The molecule has 0 spiro atoms. The second-order valence-electron chi connectivity index (χ2n) is 11.0. The molecule has 2 N–H and O–H groups in total. The van der Waals surface area contributed by atoms with Crippen LogP contribution in [0.3, 0.4) is 0 Å². The Kier molecular flexibility index (Phi) is 6.58. The molecule has 196 valence electrons. The van der Waals surface area contributed by atoms with Crippen LogP contribution >= 0.6 is 11.6 Å². The van der Waals surface area contributed by atoms with Crippen molar-refractivity contribution in [1.29, 1.82) is 0 Å². The van der Waals surface area contributed by atoms with Crippen LogP contribution in [0.25, 0.3) is 22.2 Å². The third kappa shape index (κ3) is 4.76. The zero-order valence-corrected chi connectivity index (χ0v) is 22.6. The van der Waals surface area contributed by atoms with E-state index in [-0.39, 0.29) is 23.4 Å². The van der Waals surface area contributed by atoms with Gasteiger partial charge in [-0.1, -0.05) is 54.1 Å². The van der Waals surface area contributed by atoms with Crippen molar-refractivity contribution in [2.24, 2.45) is 0 Å². The summed E-state index contributed by atoms with van der Waals surface area (Å²) in [5, 5.41) is 12.7. The number of anilines is 1. The number of hydrogen-bond acceptors (Lipinski definition) is 5. The van der Waals surface area contributed by atoms with Gasteiger partial charge >= 0.3 is 0 Å². The fourth-order valence-corrected chi connectivity index (χ4v) is 6.16. The smallest absolute Gasteiger partial charge is 0.231 e. The predicted molar refractivity (Wildman–Crippen MR) is 153 cm³/mol. The number of benzene rings is 2. The molecule has 2 aliphatic heterocycles. The Bertz CT molecular complexity index is 1430. The molecule has 0 bridgehead atoms. The van der Waals surface area contributed by atoms with Gasteiger partial charge in [-0.15, -0.1) is 0 Å². The molecule has 4 heterocycles. The summed E-state index contributed by atoms with van der Waals surface area (Å²) in [7, 11) is 0. The van der Waals surface area contributed by atoms with Crippen molar-refractivity contribution in [2.75, 3.05) is 31.1 Å². The molecular weight excluding hydrogens is 496 g/mol. The van der Waals surface area contributed by atoms with Crippen LogP contribution in [0.1, 0.15) is 38.2 Å². The van der Waals surface area contributed by atoms with Crippen molar-refractivity contribution in [2.45, 2.75) is 44.2 Å². The highest BCUT2D eigenvalue weighted by Crippen LogP contribution is 2.37. The molecule has 0 radical (unpaired) electrons. The van der Waals surface area contributed by atoms with E-state index < -0.39 is 0 Å². The Morgan fingerprint density at radius 2 is 1.76 bits per heavy atom. The second-order valence-corrected chi connectivity index (χ2v) is 11.5. The zero-order chi connectivity index (χ0) is 26.3. The number of carbonyl (C=O) groups is 1. The van der Waals surface area contributed by atoms with Gasteiger partial charge < -0.3 is 15.1 Å². The number of nitrogens with zero attached hydrogens (tertiary/aromatic N) is 4. The van der Waals surface area contributed by atoms with Crippen molar-refractivity contribution >= 4 is 34.2 Å². The van der Waals surface area contributed by atoms with Crippen LogP contribution in [-0.2, 0) is 4.79 Å². The summed E-state index contributed by atoms with van der Waals surface area (Å²) in [5.41, 5.74) is 5.15. The SMILES string of the molecule is CC1(C)CCC(C(C(=O)N2CCN(c3c(-c4ccccc4)cnc4[nH]ncc34)CC2)c2ccc(Cl)cc2)N1. The van der Waals surface area contributed by atoms with E-state index in [0.717, 1.165) is 59.3 Å². The highest BCUT2D eigenvalue weighted by atomic mass is 35.5. The quantitative estimate of drug-likeness (QED) is 0.370. The number of halogens is 1. The molecule has 2 aromatic heterocycles. The van der Waals surface area contributed by atoms with Crippen LogP contribution in [-0.4, -0.2) is 63.7 Å². The molecular formula is C30H33ClN6O. The topological polar surface area (TPSA) is 77.2 Å². The minimum atomic E-state index is -0.234. The standard InChI is InChI=1S/C30H33ClN6O/c1-30(2)13-12-25(34-30)26(21-8-10-22(31)11-9-21)29(38)37-16-14-36(15-17-37)27-23(20-6-4-3-5-7-20)18-32-28-24(27)19-33-35-28/h3-11,18-19,25-26,34H,12-17H2,1-2H3,(H,32,33,35). The molecule has 0 aliphatic carbocycles. The van der Waals surface area contributed by atoms with Crippen LogP contribution < -0.4 is 10.2 Å². The predicted octanol–water partition coefficient (Wildman–Crippen LogP) is 5.24. The van der Waals surface area contributed by atoms with Crippen molar-refractivity contribution < 1.29 is 4.79 Å². The second kappa shape index (κ2) is 10.0. The molecule has 38 heavy (non-hydrogen) atoms. The minimum absolute atomic E-state index is 0.0273. The summed E-state index contributed by atoms with van der Waals surface area (Å²) >= 11 is 6.19. The number of aromatic amines is 1. The first-order valence-corrected chi connectivity index (χ1v) is 13.7. The van der Waals surface area contributed by atoms with E-state index in [9.17, 15) is 4.79 Å². The van der Waals surface area contributed by atoms with Gasteiger partial charge in [0.25, 0.3) is 0 Å². The lowest BCUT2D eigenvalue weighted by molar-refractivity contribution is -0.133. The lowest BCUT2D eigenvalue weighted by Gasteiger charge is -2.39. The molecule has 7 nitrogen and oxygen atoms in total. The van der Waals surface area contributed by atoms with Crippen molar-refractivity contribution in [3.63, 3.8) is 0 Å². The number of pyridine rings is 1. The number of aromatic nitrogens is 3. The number of H-pyrrole nitrogens is 1. The number of piperazine rings is 1. The summed E-state index contributed by atoms with van der Waals surface area (Å²) in [6.45, 7) is 7.24. The van der Waals surface area contributed by atoms with E-state index in [1.54, 1.807) is 0 Å². The number of rotatable bonds is 5. The molecule has 2 saturated heterocycles. The summed E-state index contributed by atoms with van der Waals surface area (Å²) < 4.78 is 0. The zero-order valence-electron chi connectivity index (χ0n) is 21.8. The summed E-state index contributed by atoms with van der Waals surface area (Å²) in [6, 6.07) is 18.2. The lowest BCUT2D eigenvalue weighted by atomic mass is 9.88. The Morgan fingerprint density at radius 3 is 2.45 bits per heavy atom. The summed E-state index contributed by atoms with van der Waals surface area (Å²) in [6.07, 6.45) is 5.80. The molecule has 4 aromatic rings. The summed E-state index contributed by atoms with van der Waals surface area (Å²) in [5.74, 6) is -0.0457. The van der Waals surface area contributed by atoms with Gasteiger partial charge in [-0.05, 0) is 49.9 Å². The van der Waals surface area contributed by atoms with E-state index in [4.69, 9.17) is 11.6 Å². The first kappa shape index (κ1) is 24.9. The molecule has 8 heteroatoms. The van der Waals surface area contributed by atoms with Crippen molar-refractivity contribution in [1.82, 2.24) is 25.4 Å². The molecule has 2 fully saturated rings. The molecule has 1 amide bonds. The highest BCUT2D eigenvalue weighted by molar-refractivity contribution is 6.30. The molecule has 6 rings (SSSR count). The monoisotopic (exact) mass is 528 g/mol. The van der Waals surface area contributed by atoms with E-state index in [2.05, 4.69) is 51.4 Å². The molecule has 2 atom stereocenters. The van der Waals surface area contributed by atoms with E-state index >= 15 is 0 Å². The maximum absolute atomic E-state index is 14.1. The van der Waals surface area contributed by atoms with Crippen LogP contribution in [0.5, 0.6) is 0 Å². The first-order chi connectivity index (χ1) is 18.4. The van der Waals surface area contributed by atoms with Gasteiger partial charge in [0.05, 0.1) is 23.2 Å². The number of fused-ring (bicyclic) bond motifs is 1. The van der Waals surface area contributed by atoms with Crippen molar-refractivity contribution in [3.8, 4) is 11.1 Å². The van der Waals surface area contributed by atoms with E-state index in [0.29, 0.717) is 18.1 Å². The Balaban J connectivity index is 1.26. The van der Waals surface area contributed by atoms with Crippen LogP contribution in [0, 0.1) is 0 Å². The van der Waals surface area contributed by atoms with Crippen LogP contribution in [0.2, 0.25) is 5.02 Å². The maximum Gasteiger partial charge on any atom is 0.231 e. The van der Waals surface area contributed by atoms with Gasteiger partial charge in [0.1, 0.15) is 0 Å².